The Bertz CT molecular complexity index is 756. The van der Waals surface area contributed by atoms with Crippen LogP contribution in [0.3, 0.4) is 0 Å². The van der Waals surface area contributed by atoms with Crippen molar-refractivity contribution in [1.29, 1.82) is 0 Å². The van der Waals surface area contributed by atoms with E-state index in [9.17, 15) is 9.59 Å². The van der Waals surface area contributed by atoms with Crippen molar-refractivity contribution < 1.29 is 9.59 Å². The predicted molar refractivity (Wildman–Crippen MR) is 100 cm³/mol. The summed E-state index contributed by atoms with van der Waals surface area (Å²) in [6.07, 6.45) is 0.851. The minimum atomic E-state index is -0.579. The molecular formula is C17H24N6O2S. The van der Waals surface area contributed by atoms with Gasteiger partial charge < -0.3 is 10.6 Å². The summed E-state index contributed by atoms with van der Waals surface area (Å²) < 4.78 is 1.61. The quantitative estimate of drug-likeness (QED) is 0.675. The van der Waals surface area contributed by atoms with Crippen LogP contribution < -0.4 is 10.6 Å². The molecule has 2 amide bonds. The van der Waals surface area contributed by atoms with E-state index in [-0.39, 0.29) is 17.6 Å². The van der Waals surface area contributed by atoms with Gasteiger partial charge in [0.15, 0.2) is 0 Å². The minimum Gasteiger partial charge on any atom is -0.354 e. The van der Waals surface area contributed by atoms with Crippen molar-refractivity contribution in [3.8, 4) is 5.69 Å². The lowest BCUT2D eigenvalue weighted by Gasteiger charge is -2.13. The van der Waals surface area contributed by atoms with Crippen LogP contribution in [-0.2, 0) is 9.59 Å². The van der Waals surface area contributed by atoms with E-state index in [0.717, 1.165) is 23.2 Å². The van der Waals surface area contributed by atoms with Crippen molar-refractivity contribution in [3.05, 3.63) is 29.3 Å². The fraction of sp³-hybridized carbons (Fsp3) is 0.471. The summed E-state index contributed by atoms with van der Waals surface area (Å²) in [5.41, 5.74) is 3.06. The molecule has 2 rings (SSSR count). The molecule has 0 aliphatic heterocycles. The molecule has 140 valence electrons. The second-order valence-electron chi connectivity index (χ2n) is 6.09. The van der Waals surface area contributed by atoms with E-state index in [2.05, 4.69) is 32.2 Å². The van der Waals surface area contributed by atoms with E-state index >= 15 is 0 Å². The van der Waals surface area contributed by atoms with Gasteiger partial charge in [-0.15, -0.1) is 5.10 Å². The summed E-state index contributed by atoms with van der Waals surface area (Å²) >= 11 is 1.22. The predicted octanol–water partition coefficient (Wildman–Crippen LogP) is 1.40. The standard InChI is InChI=1S/C17H24N6O2S/c1-5-6-18-16(25)13(4)19-15(24)10-26-17-20-21-22-23(17)14-8-11(2)7-12(3)9-14/h7-9,13H,5-6,10H2,1-4H3,(H,18,25)(H,19,24)/t13-/m1/s1. The third-order valence-electron chi connectivity index (χ3n) is 3.54. The number of rotatable bonds is 8. The number of nitrogens with zero attached hydrogens (tertiary/aromatic N) is 4. The molecule has 0 saturated carbocycles. The van der Waals surface area contributed by atoms with Gasteiger partial charge in [-0.2, -0.15) is 4.68 Å². The maximum Gasteiger partial charge on any atom is 0.242 e. The van der Waals surface area contributed by atoms with E-state index < -0.39 is 6.04 Å². The summed E-state index contributed by atoms with van der Waals surface area (Å²) in [7, 11) is 0. The van der Waals surface area contributed by atoms with E-state index in [1.54, 1.807) is 11.6 Å². The van der Waals surface area contributed by atoms with Crippen molar-refractivity contribution >= 4 is 23.6 Å². The monoisotopic (exact) mass is 376 g/mol. The van der Waals surface area contributed by atoms with Gasteiger partial charge in [0.05, 0.1) is 11.4 Å². The summed E-state index contributed by atoms with van der Waals surface area (Å²) in [5.74, 6) is -0.314. The van der Waals surface area contributed by atoms with Crippen molar-refractivity contribution in [2.75, 3.05) is 12.3 Å². The largest absolute Gasteiger partial charge is 0.354 e. The molecule has 1 aromatic carbocycles. The normalized spacial score (nSPS) is 11.8. The molecule has 0 unspecified atom stereocenters. The first-order chi connectivity index (χ1) is 12.4. The average Bonchev–Trinajstić information content (AvgIpc) is 3.05. The zero-order valence-electron chi connectivity index (χ0n) is 15.4. The van der Waals surface area contributed by atoms with Gasteiger partial charge in [0, 0.05) is 6.54 Å². The van der Waals surface area contributed by atoms with Crippen LogP contribution in [0.4, 0.5) is 0 Å². The Hall–Kier alpha value is -2.42. The number of aryl methyl sites for hydroxylation is 2. The van der Waals surface area contributed by atoms with Gasteiger partial charge in [0.25, 0.3) is 0 Å². The fourth-order valence-electron chi connectivity index (χ4n) is 2.38. The van der Waals surface area contributed by atoms with Gasteiger partial charge in [0.2, 0.25) is 17.0 Å². The molecule has 8 nitrogen and oxygen atoms in total. The van der Waals surface area contributed by atoms with Crippen LogP contribution in [0.5, 0.6) is 0 Å². The summed E-state index contributed by atoms with van der Waals surface area (Å²) in [5, 5.41) is 17.6. The zero-order valence-corrected chi connectivity index (χ0v) is 16.3. The molecule has 26 heavy (non-hydrogen) atoms. The molecule has 0 spiro atoms. The molecule has 1 atom stereocenters. The van der Waals surface area contributed by atoms with Crippen molar-refractivity contribution in [2.24, 2.45) is 0 Å². The van der Waals surface area contributed by atoms with Gasteiger partial charge in [-0.1, -0.05) is 24.8 Å². The minimum absolute atomic E-state index is 0.122. The van der Waals surface area contributed by atoms with Crippen molar-refractivity contribution in [1.82, 2.24) is 30.8 Å². The molecule has 0 fully saturated rings. The van der Waals surface area contributed by atoms with Crippen LogP contribution in [0.2, 0.25) is 0 Å². The highest BCUT2D eigenvalue weighted by Gasteiger charge is 2.17. The van der Waals surface area contributed by atoms with E-state index in [0.29, 0.717) is 11.7 Å². The van der Waals surface area contributed by atoms with Crippen LogP contribution >= 0.6 is 11.8 Å². The third kappa shape index (κ3) is 5.55. The van der Waals surface area contributed by atoms with Gasteiger partial charge in [-0.05, 0) is 60.9 Å². The Morgan fingerprint density at radius 3 is 2.58 bits per heavy atom. The highest BCUT2D eigenvalue weighted by Crippen LogP contribution is 2.19. The second kappa shape index (κ2) is 9.33. The number of tetrazole rings is 1. The molecule has 2 N–H and O–H groups in total. The lowest BCUT2D eigenvalue weighted by molar-refractivity contribution is -0.127. The van der Waals surface area contributed by atoms with Gasteiger partial charge in [-0.3, -0.25) is 9.59 Å². The Balaban J connectivity index is 1.95. The third-order valence-corrected chi connectivity index (χ3v) is 4.46. The number of nitrogens with one attached hydrogen (secondary N) is 2. The molecule has 0 aliphatic rings. The molecule has 0 aliphatic carbocycles. The van der Waals surface area contributed by atoms with E-state index in [4.69, 9.17) is 0 Å². The van der Waals surface area contributed by atoms with Gasteiger partial charge in [0.1, 0.15) is 6.04 Å². The van der Waals surface area contributed by atoms with Crippen LogP contribution in [-0.4, -0.2) is 50.4 Å². The first kappa shape index (κ1) is 19.9. The lowest BCUT2D eigenvalue weighted by Crippen LogP contribution is -2.45. The molecule has 1 heterocycles. The number of benzene rings is 1. The van der Waals surface area contributed by atoms with Crippen LogP contribution in [0.1, 0.15) is 31.4 Å². The topological polar surface area (TPSA) is 102 Å². The Morgan fingerprint density at radius 1 is 1.23 bits per heavy atom. The first-order valence-electron chi connectivity index (χ1n) is 8.47. The number of carbonyl (C=O) groups excluding carboxylic acids is 2. The SMILES string of the molecule is CCCNC(=O)[C@@H](C)NC(=O)CSc1nnnn1-c1cc(C)cc(C)c1. The first-order valence-corrected chi connectivity index (χ1v) is 9.46. The van der Waals surface area contributed by atoms with Crippen molar-refractivity contribution in [2.45, 2.75) is 45.3 Å². The van der Waals surface area contributed by atoms with Gasteiger partial charge >= 0.3 is 0 Å². The number of thioether (sulfide) groups is 1. The summed E-state index contributed by atoms with van der Waals surface area (Å²) in [6.45, 7) is 8.24. The highest BCUT2D eigenvalue weighted by molar-refractivity contribution is 7.99. The number of carbonyl (C=O) groups is 2. The molecule has 0 saturated heterocycles. The molecule has 0 radical (unpaired) electrons. The number of hydrogen-bond acceptors (Lipinski definition) is 6. The smallest absolute Gasteiger partial charge is 0.242 e. The van der Waals surface area contributed by atoms with Crippen LogP contribution in [0, 0.1) is 13.8 Å². The maximum absolute atomic E-state index is 12.1. The molecule has 1 aromatic heterocycles. The number of hydrogen-bond donors (Lipinski definition) is 2. The molecular weight excluding hydrogens is 352 g/mol. The molecule has 9 heteroatoms. The number of aromatic nitrogens is 4. The Labute approximate surface area is 157 Å². The van der Waals surface area contributed by atoms with Crippen molar-refractivity contribution in [3.63, 3.8) is 0 Å². The Kier molecular flexibility index (Phi) is 7.14. The summed E-state index contributed by atoms with van der Waals surface area (Å²) in [4.78, 5) is 23.9. The zero-order chi connectivity index (χ0) is 19.1. The molecule has 0 bridgehead atoms. The van der Waals surface area contributed by atoms with Gasteiger partial charge in [-0.25, -0.2) is 0 Å². The Morgan fingerprint density at radius 2 is 1.92 bits per heavy atom. The fourth-order valence-corrected chi connectivity index (χ4v) is 3.09. The van der Waals surface area contributed by atoms with Crippen LogP contribution in [0.25, 0.3) is 5.69 Å². The maximum atomic E-state index is 12.1. The van der Waals surface area contributed by atoms with Crippen LogP contribution in [0.15, 0.2) is 23.4 Å². The second-order valence-corrected chi connectivity index (χ2v) is 7.03. The highest BCUT2D eigenvalue weighted by atomic mass is 32.2. The lowest BCUT2D eigenvalue weighted by atomic mass is 10.1. The molecule has 2 aromatic rings. The summed E-state index contributed by atoms with van der Waals surface area (Å²) in [6, 6.07) is 5.45. The average molecular weight is 376 g/mol. The van der Waals surface area contributed by atoms with E-state index in [1.807, 2.05) is 32.9 Å². The number of amides is 2. The van der Waals surface area contributed by atoms with E-state index in [1.165, 1.54) is 11.8 Å².